The fraction of sp³-hybridized carbons (Fsp3) is 0.0333. The van der Waals surface area contributed by atoms with E-state index in [4.69, 9.17) is 26.3 Å². The molecule has 6 rings (SSSR count). The van der Waals surface area contributed by atoms with Gasteiger partial charge in [-0.2, -0.15) is 0 Å². The van der Waals surface area contributed by atoms with E-state index in [1.807, 2.05) is 84.9 Å². The van der Waals surface area contributed by atoms with Crippen LogP contribution in [0, 0.1) is 0 Å². The highest BCUT2D eigenvalue weighted by Crippen LogP contribution is 2.40. The molecule has 1 N–H and O–H groups in total. The molecule has 4 aromatic carbocycles. The number of nitrogens with one attached hydrogen (secondary N) is 1. The second kappa shape index (κ2) is 10.1. The highest BCUT2D eigenvalue weighted by molar-refractivity contribution is 7.19. The molecule has 8 heteroatoms. The van der Waals surface area contributed by atoms with Crippen molar-refractivity contribution in [2.45, 2.75) is 0 Å². The maximum Gasteiger partial charge on any atom is 0.266 e. The minimum absolute atomic E-state index is 0.162. The summed E-state index contributed by atoms with van der Waals surface area (Å²) in [5, 5.41) is 5.19. The van der Waals surface area contributed by atoms with Gasteiger partial charge in [-0.25, -0.2) is 9.97 Å². The van der Waals surface area contributed by atoms with Crippen molar-refractivity contribution < 1.29 is 4.74 Å². The number of aromatic nitrogens is 3. The topological polar surface area (TPSA) is 69.0 Å². The molecule has 38 heavy (non-hydrogen) atoms. The van der Waals surface area contributed by atoms with Crippen LogP contribution in [0.25, 0.3) is 38.5 Å². The number of anilines is 2. The number of methoxy groups -OCH3 is 1. The van der Waals surface area contributed by atoms with Crippen LogP contribution >= 0.6 is 22.9 Å². The molecule has 0 aliphatic rings. The Morgan fingerprint density at radius 3 is 2.29 bits per heavy atom. The summed E-state index contributed by atoms with van der Waals surface area (Å²) in [5.74, 6) is 1.28. The van der Waals surface area contributed by atoms with E-state index in [1.165, 1.54) is 11.3 Å². The largest absolute Gasteiger partial charge is 0.497 e. The quantitative estimate of drug-likeness (QED) is 0.237. The zero-order valence-corrected chi connectivity index (χ0v) is 21.8. The maximum absolute atomic E-state index is 13.9. The summed E-state index contributed by atoms with van der Waals surface area (Å²) in [5.41, 5.74) is 3.65. The van der Waals surface area contributed by atoms with Crippen LogP contribution in [0.4, 0.5) is 10.8 Å². The average molecular weight is 537 g/mol. The standard InChI is InChI=1S/C30H21ClN4O2S/c1-37-23-17-13-21(14-18-23)32-30-34-26(19-7-3-2-4-8-19)27(38-30)28-33-25-10-6-5-9-24(25)29(36)35(28)22-15-11-20(31)12-16-22/h2-18H,1H3,(H,32,34). The van der Waals surface area contributed by atoms with Crippen LogP contribution in [0.15, 0.2) is 108 Å². The highest BCUT2D eigenvalue weighted by atomic mass is 35.5. The highest BCUT2D eigenvalue weighted by Gasteiger charge is 2.22. The molecule has 0 radical (unpaired) electrons. The van der Waals surface area contributed by atoms with Crippen molar-refractivity contribution in [3.05, 3.63) is 119 Å². The molecule has 0 atom stereocenters. The van der Waals surface area contributed by atoms with Gasteiger partial charge in [0.1, 0.15) is 10.6 Å². The molecule has 0 unspecified atom stereocenters. The lowest BCUT2D eigenvalue weighted by atomic mass is 10.1. The first-order chi connectivity index (χ1) is 18.6. The Labute approximate surface area is 227 Å². The Morgan fingerprint density at radius 1 is 0.842 bits per heavy atom. The fourth-order valence-corrected chi connectivity index (χ4v) is 5.34. The van der Waals surface area contributed by atoms with Crippen LogP contribution in [0.2, 0.25) is 5.02 Å². The van der Waals surface area contributed by atoms with Crippen molar-refractivity contribution in [1.82, 2.24) is 14.5 Å². The lowest BCUT2D eigenvalue weighted by Crippen LogP contribution is -2.21. The predicted octanol–water partition coefficient (Wildman–Crippen LogP) is 7.58. The van der Waals surface area contributed by atoms with Gasteiger partial charge < -0.3 is 10.1 Å². The van der Waals surface area contributed by atoms with Gasteiger partial charge in [0.25, 0.3) is 5.56 Å². The van der Waals surface area contributed by atoms with E-state index in [0.29, 0.717) is 32.6 Å². The van der Waals surface area contributed by atoms with Gasteiger partial charge in [0.05, 0.1) is 29.4 Å². The van der Waals surface area contributed by atoms with Crippen molar-refractivity contribution in [3.8, 4) is 33.4 Å². The zero-order valence-electron chi connectivity index (χ0n) is 20.3. The minimum Gasteiger partial charge on any atom is -0.497 e. The first kappa shape index (κ1) is 23.9. The Kier molecular flexibility index (Phi) is 6.37. The lowest BCUT2D eigenvalue weighted by Gasteiger charge is -2.14. The van der Waals surface area contributed by atoms with E-state index in [-0.39, 0.29) is 5.56 Å². The van der Waals surface area contributed by atoms with Gasteiger partial charge in [-0.3, -0.25) is 9.36 Å². The van der Waals surface area contributed by atoms with E-state index < -0.39 is 0 Å². The van der Waals surface area contributed by atoms with Gasteiger partial charge in [-0.15, -0.1) is 0 Å². The van der Waals surface area contributed by atoms with Crippen molar-refractivity contribution in [2.75, 3.05) is 12.4 Å². The van der Waals surface area contributed by atoms with Crippen LogP contribution < -0.4 is 15.6 Å². The normalized spacial score (nSPS) is 11.0. The molecule has 0 bridgehead atoms. The predicted molar refractivity (Wildman–Crippen MR) is 155 cm³/mol. The molecule has 186 valence electrons. The molecule has 0 spiro atoms. The third-order valence-electron chi connectivity index (χ3n) is 6.08. The average Bonchev–Trinajstić information content (AvgIpc) is 3.38. The van der Waals surface area contributed by atoms with Crippen LogP contribution in [-0.2, 0) is 0 Å². The second-order valence-corrected chi connectivity index (χ2v) is 9.92. The Morgan fingerprint density at radius 2 is 1.55 bits per heavy atom. The summed E-state index contributed by atoms with van der Waals surface area (Å²) in [6.07, 6.45) is 0. The molecule has 0 amide bonds. The van der Waals surface area contributed by atoms with E-state index >= 15 is 0 Å². The summed E-state index contributed by atoms with van der Waals surface area (Å²) in [6.45, 7) is 0. The van der Waals surface area contributed by atoms with Crippen molar-refractivity contribution >= 4 is 44.7 Å². The summed E-state index contributed by atoms with van der Waals surface area (Å²) in [4.78, 5) is 24.6. The van der Waals surface area contributed by atoms with Crippen LogP contribution in [0.5, 0.6) is 5.75 Å². The molecule has 6 nitrogen and oxygen atoms in total. The lowest BCUT2D eigenvalue weighted by molar-refractivity contribution is 0.415. The van der Waals surface area contributed by atoms with Gasteiger partial charge in [-0.05, 0) is 60.7 Å². The number of nitrogens with zero attached hydrogens (tertiary/aromatic N) is 3. The molecular weight excluding hydrogens is 516 g/mol. The molecule has 0 fully saturated rings. The number of rotatable bonds is 6. The Hall–Kier alpha value is -4.46. The van der Waals surface area contributed by atoms with Crippen molar-refractivity contribution in [2.24, 2.45) is 0 Å². The number of thiazole rings is 1. The van der Waals surface area contributed by atoms with E-state index in [2.05, 4.69) is 5.32 Å². The van der Waals surface area contributed by atoms with Gasteiger partial charge in [0.15, 0.2) is 11.0 Å². The molecule has 6 aromatic rings. The Balaban J connectivity index is 1.59. The monoisotopic (exact) mass is 536 g/mol. The SMILES string of the molecule is COc1ccc(Nc2nc(-c3ccccc3)c(-c3nc4ccccc4c(=O)n3-c3ccc(Cl)cc3)s2)cc1. The summed E-state index contributed by atoms with van der Waals surface area (Å²) in [7, 11) is 1.64. The third kappa shape index (κ3) is 4.53. The molecule has 0 saturated carbocycles. The van der Waals surface area contributed by atoms with Gasteiger partial charge in [-0.1, -0.05) is 65.4 Å². The van der Waals surface area contributed by atoms with Crippen LogP contribution in [-0.4, -0.2) is 21.6 Å². The van der Waals surface area contributed by atoms with Gasteiger partial charge >= 0.3 is 0 Å². The first-order valence-corrected chi connectivity index (χ1v) is 13.1. The minimum atomic E-state index is -0.162. The number of benzene rings is 4. The van der Waals surface area contributed by atoms with Crippen LogP contribution in [0.1, 0.15) is 0 Å². The van der Waals surface area contributed by atoms with Crippen molar-refractivity contribution in [3.63, 3.8) is 0 Å². The van der Waals surface area contributed by atoms with Crippen LogP contribution in [0.3, 0.4) is 0 Å². The number of fused-ring (bicyclic) bond motifs is 1. The fourth-order valence-electron chi connectivity index (χ4n) is 4.23. The Bertz CT molecular complexity index is 1800. The molecule has 0 aliphatic heterocycles. The zero-order chi connectivity index (χ0) is 26.1. The summed E-state index contributed by atoms with van der Waals surface area (Å²) < 4.78 is 6.91. The van der Waals surface area contributed by atoms with E-state index in [0.717, 1.165) is 27.6 Å². The number of hydrogen-bond donors (Lipinski definition) is 1. The molecule has 2 heterocycles. The third-order valence-corrected chi connectivity index (χ3v) is 7.30. The summed E-state index contributed by atoms with van der Waals surface area (Å²) >= 11 is 7.61. The molecule has 0 saturated heterocycles. The first-order valence-electron chi connectivity index (χ1n) is 11.9. The van der Waals surface area contributed by atoms with Crippen molar-refractivity contribution in [1.29, 1.82) is 0 Å². The molecule has 0 aliphatic carbocycles. The van der Waals surface area contributed by atoms with Gasteiger partial charge in [0, 0.05) is 16.3 Å². The molecule has 2 aromatic heterocycles. The smallest absolute Gasteiger partial charge is 0.266 e. The number of hydrogen-bond acceptors (Lipinski definition) is 6. The second-order valence-electron chi connectivity index (χ2n) is 8.49. The number of ether oxygens (including phenoxy) is 1. The van der Waals surface area contributed by atoms with Gasteiger partial charge in [0.2, 0.25) is 0 Å². The van der Waals surface area contributed by atoms with E-state index in [9.17, 15) is 4.79 Å². The van der Waals surface area contributed by atoms with E-state index in [1.54, 1.807) is 29.9 Å². The number of para-hydroxylation sites is 1. The molecular formula is C30H21ClN4O2S. The summed E-state index contributed by atoms with van der Waals surface area (Å²) in [6, 6.07) is 32.1. The number of halogens is 1. The maximum atomic E-state index is 13.9.